The van der Waals surface area contributed by atoms with Crippen molar-refractivity contribution in [2.75, 3.05) is 5.73 Å². The number of rotatable bonds is 3. The minimum Gasteiger partial charge on any atom is -0.457 e. The summed E-state index contributed by atoms with van der Waals surface area (Å²) in [5, 5.41) is 0. The van der Waals surface area contributed by atoms with Crippen LogP contribution in [-0.4, -0.2) is 4.57 Å². The molecule has 19 heavy (non-hydrogen) atoms. The molecule has 3 heteroatoms. The van der Waals surface area contributed by atoms with Gasteiger partial charge in [-0.05, 0) is 60.7 Å². The van der Waals surface area contributed by atoms with Gasteiger partial charge in [-0.1, -0.05) is 0 Å². The van der Waals surface area contributed by atoms with E-state index in [1.807, 2.05) is 77.6 Å². The van der Waals surface area contributed by atoms with Gasteiger partial charge >= 0.3 is 0 Å². The van der Waals surface area contributed by atoms with Gasteiger partial charge in [0.2, 0.25) is 0 Å². The normalized spacial score (nSPS) is 10.3. The van der Waals surface area contributed by atoms with Crippen molar-refractivity contribution in [1.82, 2.24) is 4.57 Å². The third kappa shape index (κ3) is 2.60. The first-order chi connectivity index (χ1) is 9.31. The fourth-order valence-corrected chi connectivity index (χ4v) is 1.86. The molecule has 0 atom stereocenters. The smallest absolute Gasteiger partial charge is 0.127 e. The predicted octanol–water partition coefficient (Wildman–Crippen LogP) is 3.85. The Bertz CT molecular complexity index is 640. The Morgan fingerprint density at radius 1 is 0.737 bits per heavy atom. The van der Waals surface area contributed by atoms with Gasteiger partial charge in [-0.25, -0.2) is 0 Å². The highest BCUT2D eigenvalue weighted by Crippen LogP contribution is 2.23. The van der Waals surface area contributed by atoms with Crippen molar-refractivity contribution in [3.8, 4) is 17.2 Å². The zero-order valence-electron chi connectivity index (χ0n) is 10.4. The number of hydrogen-bond acceptors (Lipinski definition) is 2. The van der Waals surface area contributed by atoms with Crippen LogP contribution in [-0.2, 0) is 0 Å². The van der Waals surface area contributed by atoms with Gasteiger partial charge in [0.25, 0.3) is 0 Å². The molecule has 2 aromatic carbocycles. The van der Waals surface area contributed by atoms with E-state index in [1.54, 1.807) is 0 Å². The summed E-state index contributed by atoms with van der Waals surface area (Å²) in [5.41, 5.74) is 7.47. The molecule has 0 amide bonds. The van der Waals surface area contributed by atoms with Crippen molar-refractivity contribution in [3.63, 3.8) is 0 Å². The van der Waals surface area contributed by atoms with E-state index in [2.05, 4.69) is 0 Å². The zero-order chi connectivity index (χ0) is 13.1. The molecule has 1 heterocycles. The highest BCUT2D eigenvalue weighted by molar-refractivity contribution is 5.44. The van der Waals surface area contributed by atoms with Crippen molar-refractivity contribution in [2.45, 2.75) is 0 Å². The molecule has 0 bridgehead atoms. The molecule has 1 aromatic heterocycles. The van der Waals surface area contributed by atoms with Gasteiger partial charge in [0.05, 0.1) is 0 Å². The molecular formula is C16H14N2O. The standard InChI is InChI=1S/C16H14N2O/c17-13-3-7-15(8-4-13)19-16-9-5-14(6-10-16)18-11-1-2-12-18/h1-12H,17H2. The molecule has 0 fully saturated rings. The maximum Gasteiger partial charge on any atom is 0.127 e. The molecule has 0 unspecified atom stereocenters. The largest absolute Gasteiger partial charge is 0.457 e. The Morgan fingerprint density at radius 3 is 1.84 bits per heavy atom. The van der Waals surface area contributed by atoms with Gasteiger partial charge < -0.3 is 15.0 Å². The quantitative estimate of drug-likeness (QED) is 0.717. The summed E-state index contributed by atoms with van der Waals surface area (Å²) in [6.07, 6.45) is 4.02. The molecule has 2 N–H and O–H groups in total. The van der Waals surface area contributed by atoms with Crippen LogP contribution in [0.15, 0.2) is 73.1 Å². The van der Waals surface area contributed by atoms with Crippen molar-refractivity contribution in [1.29, 1.82) is 0 Å². The van der Waals surface area contributed by atoms with Crippen molar-refractivity contribution < 1.29 is 4.74 Å². The van der Waals surface area contributed by atoms with Crippen LogP contribution in [0.2, 0.25) is 0 Å². The van der Waals surface area contributed by atoms with Gasteiger partial charge in [0.15, 0.2) is 0 Å². The predicted molar refractivity (Wildman–Crippen MR) is 76.7 cm³/mol. The molecule has 0 spiro atoms. The minimum absolute atomic E-state index is 0.732. The van der Waals surface area contributed by atoms with Crippen LogP contribution in [0.1, 0.15) is 0 Å². The average molecular weight is 250 g/mol. The maximum absolute atomic E-state index is 5.74. The van der Waals surface area contributed by atoms with E-state index >= 15 is 0 Å². The maximum atomic E-state index is 5.74. The Kier molecular flexibility index (Phi) is 2.94. The van der Waals surface area contributed by atoms with Crippen molar-refractivity contribution in [3.05, 3.63) is 73.1 Å². The lowest BCUT2D eigenvalue weighted by atomic mass is 10.3. The number of benzene rings is 2. The molecule has 94 valence electrons. The SMILES string of the molecule is Nc1ccc(Oc2ccc(-n3cccc3)cc2)cc1. The molecule has 0 saturated carbocycles. The van der Waals surface area contributed by atoms with E-state index in [9.17, 15) is 0 Å². The van der Waals surface area contributed by atoms with Crippen LogP contribution in [0.25, 0.3) is 5.69 Å². The second-order valence-electron chi connectivity index (χ2n) is 4.26. The summed E-state index contributed by atoms with van der Waals surface area (Å²) >= 11 is 0. The molecule has 0 radical (unpaired) electrons. The lowest BCUT2D eigenvalue weighted by molar-refractivity contribution is 0.482. The van der Waals surface area contributed by atoms with Crippen LogP contribution < -0.4 is 10.5 Å². The van der Waals surface area contributed by atoms with Crippen LogP contribution in [0, 0.1) is 0 Å². The Hall–Kier alpha value is -2.68. The first-order valence-corrected chi connectivity index (χ1v) is 6.08. The van der Waals surface area contributed by atoms with Gasteiger partial charge in [-0.3, -0.25) is 0 Å². The molecule has 0 aliphatic carbocycles. The second kappa shape index (κ2) is 4.90. The number of nitrogens with zero attached hydrogens (tertiary/aromatic N) is 1. The molecule has 3 aromatic rings. The van der Waals surface area contributed by atoms with Gasteiger partial charge in [-0.15, -0.1) is 0 Å². The molecular weight excluding hydrogens is 236 g/mol. The number of ether oxygens (including phenoxy) is 1. The monoisotopic (exact) mass is 250 g/mol. The third-order valence-electron chi connectivity index (χ3n) is 2.86. The summed E-state index contributed by atoms with van der Waals surface area (Å²) in [6.45, 7) is 0. The third-order valence-corrected chi connectivity index (χ3v) is 2.86. The topological polar surface area (TPSA) is 40.2 Å². The van der Waals surface area contributed by atoms with Crippen LogP contribution in [0.3, 0.4) is 0 Å². The summed E-state index contributed by atoms with van der Waals surface area (Å²) in [5.74, 6) is 1.59. The lowest BCUT2D eigenvalue weighted by Gasteiger charge is -2.07. The van der Waals surface area contributed by atoms with Gasteiger partial charge in [0, 0.05) is 23.8 Å². The number of anilines is 1. The number of hydrogen-bond donors (Lipinski definition) is 1. The summed E-state index contributed by atoms with van der Waals surface area (Å²) in [7, 11) is 0. The van der Waals surface area contributed by atoms with Crippen molar-refractivity contribution >= 4 is 5.69 Å². The Labute approximate surface area is 111 Å². The first-order valence-electron chi connectivity index (χ1n) is 6.08. The zero-order valence-corrected chi connectivity index (χ0v) is 10.4. The van der Waals surface area contributed by atoms with Crippen molar-refractivity contribution in [2.24, 2.45) is 0 Å². The fourth-order valence-electron chi connectivity index (χ4n) is 1.86. The molecule has 0 saturated heterocycles. The fraction of sp³-hybridized carbons (Fsp3) is 0. The van der Waals surface area contributed by atoms with Gasteiger partial charge in [-0.2, -0.15) is 0 Å². The summed E-state index contributed by atoms with van der Waals surface area (Å²) in [6, 6.07) is 19.3. The Balaban J connectivity index is 1.77. The average Bonchev–Trinajstić information content (AvgIpc) is 2.96. The van der Waals surface area contributed by atoms with E-state index in [0.29, 0.717) is 0 Å². The van der Waals surface area contributed by atoms with Crippen LogP contribution >= 0.6 is 0 Å². The lowest BCUT2D eigenvalue weighted by Crippen LogP contribution is -1.90. The molecule has 0 aliphatic heterocycles. The van der Waals surface area contributed by atoms with Crippen LogP contribution in [0.5, 0.6) is 11.5 Å². The summed E-state index contributed by atoms with van der Waals surface area (Å²) in [4.78, 5) is 0. The number of nitrogens with two attached hydrogens (primary N) is 1. The van der Waals surface area contributed by atoms with E-state index in [1.165, 1.54) is 0 Å². The highest BCUT2D eigenvalue weighted by atomic mass is 16.5. The summed E-state index contributed by atoms with van der Waals surface area (Å²) < 4.78 is 7.79. The van der Waals surface area contributed by atoms with E-state index in [4.69, 9.17) is 10.5 Å². The Morgan fingerprint density at radius 2 is 1.26 bits per heavy atom. The molecule has 3 nitrogen and oxygen atoms in total. The molecule has 3 rings (SSSR count). The first kappa shape index (κ1) is 11.4. The highest BCUT2D eigenvalue weighted by Gasteiger charge is 1.99. The van der Waals surface area contributed by atoms with E-state index < -0.39 is 0 Å². The number of aromatic nitrogens is 1. The molecule has 0 aliphatic rings. The number of nitrogen functional groups attached to an aromatic ring is 1. The van der Waals surface area contributed by atoms with E-state index in [-0.39, 0.29) is 0 Å². The van der Waals surface area contributed by atoms with Gasteiger partial charge in [0.1, 0.15) is 11.5 Å². The van der Waals surface area contributed by atoms with Crippen LogP contribution in [0.4, 0.5) is 5.69 Å². The second-order valence-corrected chi connectivity index (χ2v) is 4.26. The van der Waals surface area contributed by atoms with E-state index in [0.717, 1.165) is 22.9 Å². The minimum atomic E-state index is 0.732.